The average molecular weight is 374 g/mol. The Morgan fingerprint density at radius 2 is 1.88 bits per heavy atom. The van der Waals surface area contributed by atoms with E-state index in [-0.39, 0.29) is 30.2 Å². The number of esters is 1. The molecule has 1 aromatic rings. The monoisotopic (exact) mass is 373 g/mol. The van der Waals surface area contributed by atoms with Crippen LogP contribution in [0.2, 0.25) is 5.02 Å². The van der Waals surface area contributed by atoms with Crippen LogP contribution in [0, 0.1) is 11.2 Å². The van der Waals surface area contributed by atoms with Crippen molar-refractivity contribution < 1.29 is 23.5 Å². The molecule has 0 fully saturated rings. The number of ether oxygens (including phenoxy) is 2. The van der Waals surface area contributed by atoms with Crippen molar-refractivity contribution in [3.05, 3.63) is 34.6 Å². The zero-order valence-corrected chi connectivity index (χ0v) is 16.0. The molecule has 0 bridgehead atoms. The smallest absolute Gasteiger partial charge is 0.407 e. The molecule has 0 aromatic heterocycles. The normalized spacial score (nSPS) is 13.7. The molecule has 1 aromatic carbocycles. The van der Waals surface area contributed by atoms with Gasteiger partial charge in [-0.25, -0.2) is 9.18 Å². The van der Waals surface area contributed by atoms with Crippen LogP contribution < -0.4 is 5.32 Å². The Morgan fingerprint density at radius 1 is 1.24 bits per heavy atom. The van der Waals surface area contributed by atoms with E-state index < -0.39 is 28.9 Å². The molecule has 0 spiro atoms. The van der Waals surface area contributed by atoms with Crippen LogP contribution in [0.1, 0.15) is 40.2 Å². The second kappa shape index (κ2) is 8.52. The zero-order valence-electron chi connectivity index (χ0n) is 15.2. The van der Waals surface area contributed by atoms with Gasteiger partial charge in [-0.05, 0) is 53.2 Å². The van der Waals surface area contributed by atoms with Crippen LogP contribution in [0.5, 0.6) is 0 Å². The Hall–Kier alpha value is -1.82. The molecular weight excluding hydrogens is 349 g/mol. The van der Waals surface area contributed by atoms with Gasteiger partial charge >= 0.3 is 12.1 Å². The summed E-state index contributed by atoms with van der Waals surface area (Å²) in [5.74, 6) is -1.06. The molecule has 0 saturated heterocycles. The molecule has 7 heteroatoms. The summed E-state index contributed by atoms with van der Waals surface area (Å²) in [6.45, 7) is 8.56. The van der Waals surface area contributed by atoms with Crippen LogP contribution in [-0.4, -0.2) is 30.8 Å². The van der Waals surface area contributed by atoms with E-state index in [0.29, 0.717) is 0 Å². The molecule has 0 aliphatic rings. The first kappa shape index (κ1) is 21.2. The summed E-state index contributed by atoms with van der Waals surface area (Å²) < 4.78 is 24.4. The van der Waals surface area contributed by atoms with Crippen molar-refractivity contribution in [2.45, 2.75) is 46.6 Å². The summed E-state index contributed by atoms with van der Waals surface area (Å²) >= 11 is 6.06. The topological polar surface area (TPSA) is 64.6 Å². The summed E-state index contributed by atoms with van der Waals surface area (Å²) in [6, 6.07) is 4.31. The first-order valence-corrected chi connectivity index (χ1v) is 8.43. The molecule has 1 rings (SSSR count). The van der Waals surface area contributed by atoms with Crippen LogP contribution in [0.15, 0.2) is 18.2 Å². The van der Waals surface area contributed by atoms with Crippen molar-refractivity contribution in [3.8, 4) is 0 Å². The van der Waals surface area contributed by atoms with E-state index in [4.69, 9.17) is 21.1 Å². The summed E-state index contributed by atoms with van der Waals surface area (Å²) in [5.41, 5.74) is -1.66. The Balaban J connectivity index is 2.98. The lowest BCUT2D eigenvalue weighted by Crippen LogP contribution is -2.45. The van der Waals surface area contributed by atoms with Crippen LogP contribution in [0.3, 0.4) is 0 Å². The van der Waals surface area contributed by atoms with E-state index >= 15 is 0 Å². The zero-order chi connectivity index (χ0) is 19.3. The fraction of sp³-hybridized carbons (Fsp3) is 0.556. The number of nitrogens with one attached hydrogen (secondary N) is 1. The third-order valence-corrected chi connectivity index (χ3v) is 3.77. The number of carbonyl (C=O) groups is 2. The molecule has 0 radical (unpaired) electrons. The number of halogens is 2. The highest BCUT2D eigenvalue weighted by molar-refractivity contribution is 6.31. The van der Waals surface area contributed by atoms with Gasteiger partial charge in [-0.2, -0.15) is 0 Å². The molecule has 1 unspecified atom stereocenters. The number of rotatable bonds is 6. The van der Waals surface area contributed by atoms with Crippen LogP contribution >= 0.6 is 11.6 Å². The number of carbonyl (C=O) groups excluding carboxylic acids is 2. The molecule has 0 saturated carbocycles. The third kappa shape index (κ3) is 6.53. The van der Waals surface area contributed by atoms with E-state index in [2.05, 4.69) is 5.32 Å². The molecule has 0 aliphatic carbocycles. The summed E-state index contributed by atoms with van der Waals surface area (Å²) in [4.78, 5) is 24.3. The highest BCUT2D eigenvalue weighted by Gasteiger charge is 2.37. The number of hydrogen-bond acceptors (Lipinski definition) is 4. The average Bonchev–Trinajstić information content (AvgIpc) is 2.48. The van der Waals surface area contributed by atoms with Gasteiger partial charge in [0.15, 0.2) is 0 Å². The SMILES string of the molecule is CCOC(=O)C(C)(CNC(=O)OC(C)(C)C)Cc1c(F)cccc1Cl. The van der Waals surface area contributed by atoms with Crippen LogP contribution in [0.25, 0.3) is 0 Å². The minimum Gasteiger partial charge on any atom is -0.466 e. The lowest BCUT2D eigenvalue weighted by Gasteiger charge is -2.29. The van der Waals surface area contributed by atoms with E-state index in [0.717, 1.165) is 0 Å². The largest absolute Gasteiger partial charge is 0.466 e. The molecule has 0 aliphatic heterocycles. The maximum Gasteiger partial charge on any atom is 0.407 e. The second-order valence-corrected chi connectivity index (χ2v) is 7.42. The van der Waals surface area contributed by atoms with Crippen molar-refractivity contribution in [3.63, 3.8) is 0 Å². The summed E-state index contributed by atoms with van der Waals surface area (Å²) in [5, 5.41) is 2.77. The molecule has 0 heterocycles. The highest BCUT2D eigenvalue weighted by atomic mass is 35.5. The molecule has 140 valence electrons. The number of benzene rings is 1. The van der Waals surface area contributed by atoms with Gasteiger partial charge in [-0.15, -0.1) is 0 Å². The lowest BCUT2D eigenvalue weighted by molar-refractivity contribution is -0.154. The number of hydrogen-bond donors (Lipinski definition) is 1. The Morgan fingerprint density at radius 3 is 2.40 bits per heavy atom. The highest BCUT2D eigenvalue weighted by Crippen LogP contribution is 2.30. The van der Waals surface area contributed by atoms with Gasteiger partial charge in [0.25, 0.3) is 0 Å². The van der Waals surface area contributed by atoms with Crippen LogP contribution in [0.4, 0.5) is 9.18 Å². The van der Waals surface area contributed by atoms with Gasteiger partial charge in [0, 0.05) is 17.1 Å². The first-order chi connectivity index (χ1) is 11.5. The van der Waals surface area contributed by atoms with Crippen LogP contribution in [-0.2, 0) is 20.7 Å². The minimum absolute atomic E-state index is 0.0207. The van der Waals surface area contributed by atoms with Gasteiger partial charge in [-0.3, -0.25) is 4.79 Å². The van der Waals surface area contributed by atoms with Crippen molar-refractivity contribution in [2.24, 2.45) is 5.41 Å². The molecule has 1 N–H and O–H groups in total. The van der Waals surface area contributed by atoms with E-state index in [1.54, 1.807) is 40.7 Å². The van der Waals surface area contributed by atoms with Gasteiger partial charge in [0.1, 0.15) is 11.4 Å². The maximum atomic E-state index is 14.1. The molecule has 1 amide bonds. The van der Waals surface area contributed by atoms with Crippen molar-refractivity contribution in [1.29, 1.82) is 0 Å². The third-order valence-electron chi connectivity index (χ3n) is 3.42. The standard InChI is InChI=1S/C18H25ClFNO4/c1-6-24-15(22)18(5,11-21-16(23)25-17(2,3)4)10-12-13(19)8-7-9-14(12)20/h7-9H,6,10-11H2,1-5H3,(H,21,23). The first-order valence-electron chi connectivity index (χ1n) is 8.05. The summed E-state index contributed by atoms with van der Waals surface area (Å²) in [6.07, 6.45) is -0.685. The Kier molecular flexibility index (Phi) is 7.23. The molecular formula is C18H25ClFNO4. The predicted octanol–water partition coefficient (Wildman–Crippen LogP) is 4.12. The Bertz CT molecular complexity index is 610. The lowest BCUT2D eigenvalue weighted by atomic mass is 9.83. The van der Waals surface area contributed by atoms with E-state index in [1.165, 1.54) is 12.1 Å². The van der Waals surface area contributed by atoms with E-state index in [9.17, 15) is 14.0 Å². The predicted molar refractivity (Wildman–Crippen MR) is 94.1 cm³/mol. The second-order valence-electron chi connectivity index (χ2n) is 7.01. The fourth-order valence-corrected chi connectivity index (χ4v) is 2.41. The van der Waals surface area contributed by atoms with Crippen molar-refractivity contribution in [1.82, 2.24) is 5.32 Å². The molecule has 25 heavy (non-hydrogen) atoms. The van der Waals surface area contributed by atoms with Crippen molar-refractivity contribution in [2.75, 3.05) is 13.2 Å². The maximum absolute atomic E-state index is 14.1. The molecule has 1 atom stereocenters. The van der Waals surface area contributed by atoms with Gasteiger partial charge in [0.2, 0.25) is 0 Å². The Labute approximate surface area is 152 Å². The number of amides is 1. The van der Waals surface area contributed by atoms with Crippen molar-refractivity contribution >= 4 is 23.7 Å². The van der Waals surface area contributed by atoms with E-state index in [1.807, 2.05) is 0 Å². The quantitative estimate of drug-likeness (QED) is 0.762. The van der Waals surface area contributed by atoms with Gasteiger partial charge in [-0.1, -0.05) is 17.7 Å². The number of alkyl carbamates (subject to hydrolysis) is 1. The molecule has 5 nitrogen and oxygen atoms in total. The minimum atomic E-state index is -1.20. The van der Waals surface area contributed by atoms with Gasteiger partial charge < -0.3 is 14.8 Å². The summed E-state index contributed by atoms with van der Waals surface area (Å²) in [7, 11) is 0. The fourth-order valence-electron chi connectivity index (χ4n) is 2.18. The van der Waals surface area contributed by atoms with Gasteiger partial charge in [0.05, 0.1) is 12.0 Å².